The van der Waals surface area contributed by atoms with E-state index in [2.05, 4.69) is 19.2 Å². The van der Waals surface area contributed by atoms with Gasteiger partial charge in [0.05, 0.1) is 24.2 Å². The predicted molar refractivity (Wildman–Crippen MR) is 162 cm³/mol. The third kappa shape index (κ3) is 7.29. The van der Waals surface area contributed by atoms with Gasteiger partial charge in [-0.1, -0.05) is 56.1 Å². The molecule has 1 heterocycles. The summed E-state index contributed by atoms with van der Waals surface area (Å²) in [6, 6.07) is 21.4. The molecule has 0 saturated heterocycles. The summed E-state index contributed by atoms with van der Waals surface area (Å²) < 4.78 is 5.45. The van der Waals surface area contributed by atoms with Gasteiger partial charge in [0.25, 0.3) is 5.91 Å². The van der Waals surface area contributed by atoms with Gasteiger partial charge in [0.1, 0.15) is 18.2 Å². The van der Waals surface area contributed by atoms with Gasteiger partial charge >= 0.3 is 0 Å². The first-order chi connectivity index (χ1) is 19.9. The Morgan fingerprint density at radius 1 is 0.976 bits per heavy atom. The Hall–Kier alpha value is -3.81. The van der Waals surface area contributed by atoms with Crippen LogP contribution in [-0.4, -0.2) is 47.0 Å². The molecular formula is C33H36ClN3O4. The number of hydrogen-bond acceptors (Lipinski definition) is 6. The number of aliphatic hydroxyl groups excluding tert-OH is 1. The fourth-order valence-electron chi connectivity index (χ4n) is 5.17. The number of methoxy groups -OCH3 is 1. The number of carbonyl (C=O) groups excluding carboxylic acids is 2. The SMILES string of the molecule is CCCC(c1ccc(C(=O)NCCC(=O)CO)cc1)C(c1ccc(Cl)cc1)c1nc(CC)c2cc(OC)ccc2n1. The van der Waals surface area contributed by atoms with Crippen LogP contribution in [0, 0.1) is 0 Å². The molecule has 41 heavy (non-hydrogen) atoms. The quantitative estimate of drug-likeness (QED) is 0.196. The third-order valence-corrected chi connectivity index (χ3v) is 7.56. The summed E-state index contributed by atoms with van der Waals surface area (Å²) in [5.74, 6) is 0.845. The van der Waals surface area contributed by atoms with Gasteiger partial charge < -0.3 is 15.2 Å². The van der Waals surface area contributed by atoms with Gasteiger partial charge in [-0.3, -0.25) is 9.59 Å². The highest BCUT2D eigenvalue weighted by Gasteiger charge is 2.29. The zero-order valence-electron chi connectivity index (χ0n) is 23.7. The number of fused-ring (bicyclic) bond motifs is 1. The maximum Gasteiger partial charge on any atom is 0.251 e. The van der Waals surface area contributed by atoms with Crippen LogP contribution in [-0.2, 0) is 11.2 Å². The number of hydrogen-bond donors (Lipinski definition) is 2. The average Bonchev–Trinajstić information content (AvgIpc) is 3.00. The highest BCUT2D eigenvalue weighted by molar-refractivity contribution is 6.30. The molecule has 0 spiro atoms. The zero-order chi connectivity index (χ0) is 29.4. The second kappa shape index (κ2) is 14.2. The van der Waals surface area contributed by atoms with E-state index in [1.807, 2.05) is 66.7 Å². The topological polar surface area (TPSA) is 101 Å². The summed E-state index contributed by atoms with van der Waals surface area (Å²) in [4.78, 5) is 34.2. The number of aromatic nitrogens is 2. The van der Waals surface area contributed by atoms with Crippen molar-refractivity contribution in [2.75, 3.05) is 20.3 Å². The van der Waals surface area contributed by atoms with Crippen LogP contribution in [0.3, 0.4) is 0 Å². The van der Waals surface area contributed by atoms with Crippen molar-refractivity contribution in [2.24, 2.45) is 0 Å². The van der Waals surface area contributed by atoms with Crippen molar-refractivity contribution >= 4 is 34.2 Å². The molecule has 4 rings (SSSR count). The summed E-state index contributed by atoms with van der Waals surface area (Å²) in [5, 5.41) is 13.3. The van der Waals surface area contributed by atoms with E-state index in [1.165, 1.54) is 0 Å². The Kier molecular flexibility index (Phi) is 10.4. The molecule has 0 bridgehead atoms. The first-order valence-corrected chi connectivity index (χ1v) is 14.4. The van der Waals surface area contributed by atoms with Gasteiger partial charge in [-0.25, -0.2) is 9.97 Å². The van der Waals surface area contributed by atoms with Crippen LogP contribution >= 0.6 is 11.6 Å². The summed E-state index contributed by atoms with van der Waals surface area (Å²) in [6.07, 6.45) is 2.67. The van der Waals surface area contributed by atoms with Gasteiger partial charge in [-0.15, -0.1) is 0 Å². The van der Waals surface area contributed by atoms with Crippen LogP contribution in [0.5, 0.6) is 5.75 Å². The Labute approximate surface area is 245 Å². The smallest absolute Gasteiger partial charge is 0.251 e. The van der Waals surface area contributed by atoms with Gasteiger partial charge in [0, 0.05) is 28.9 Å². The number of amides is 1. The molecule has 0 saturated carbocycles. The fraction of sp³-hybridized carbons (Fsp3) is 0.333. The lowest BCUT2D eigenvalue weighted by molar-refractivity contribution is -0.121. The Morgan fingerprint density at radius 3 is 2.32 bits per heavy atom. The molecule has 0 aliphatic carbocycles. The Balaban J connectivity index is 1.74. The molecule has 0 radical (unpaired) electrons. The number of halogens is 1. The molecule has 2 atom stereocenters. The maximum absolute atomic E-state index is 12.6. The van der Waals surface area contributed by atoms with Crippen LogP contribution in [0.1, 0.15) is 77.9 Å². The molecule has 4 aromatic rings. The number of nitrogens with zero attached hydrogens (tertiary/aromatic N) is 2. The van der Waals surface area contributed by atoms with Crippen molar-refractivity contribution in [3.63, 3.8) is 0 Å². The van der Waals surface area contributed by atoms with Crippen molar-refractivity contribution in [1.29, 1.82) is 0 Å². The molecular weight excluding hydrogens is 538 g/mol. The van der Waals surface area contributed by atoms with E-state index >= 15 is 0 Å². The largest absolute Gasteiger partial charge is 0.497 e. The Morgan fingerprint density at radius 2 is 1.68 bits per heavy atom. The molecule has 7 nitrogen and oxygen atoms in total. The van der Waals surface area contributed by atoms with Gasteiger partial charge in [-0.05, 0) is 72.4 Å². The van der Waals surface area contributed by atoms with Crippen molar-refractivity contribution in [3.8, 4) is 5.75 Å². The van der Waals surface area contributed by atoms with Crippen LogP contribution in [0.4, 0.5) is 0 Å². The minimum atomic E-state index is -0.521. The molecule has 0 fully saturated rings. The second-order valence-electron chi connectivity index (χ2n) is 10.0. The van der Waals surface area contributed by atoms with Crippen molar-refractivity contribution in [2.45, 2.75) is 51.4 Å². The standard InChI is InChI=1S/C33H36ClN3O4/c1-4-6-27(21-7-9-23(10-8-21)33(40)35-18-17-25(39)20-38)31(22-11-13-24(34)14-12-22)32-36-29(5-2)28-19-26(41-3)15-16-30(28)37-32/h7-16,19,27,31,38H,4-6,17-18,20H2,1-3H3,(H,35,40). The fourth-order valence-corrected chi connectivity index (χ4v) is 5.30. The van der Waals surface area contributed by atoms with Gasteiger partial charge in [0.2, 0.25) is 0 Å². The summed E-state index contributed by atoms with van der Waals surface area (Å²) >= 11 is 6.27. The van der Waals surface area contributed by atoms with Crippen molar-refractivity contribution in [3.05, 3.63) is 100.0 Å². The maximum atomic E-state index is 12.6. The number of carbonyl (C=O) groups is 2. The molecule has 3 aromatic carbocycles. The molecule has 214 valence electrons. The van der Waals surface area contributed by atoms with Crippen LogP contribution in [0.2, 0.25) is 5.02 Å². The highest BCUT2D eigenvalue weighted by Crippen LogP contribution is 2.41. The normalized spacial score (nSPS) is 12.6. The summed E-state index contributed by atoms with van der Waals surface area (Å²) in [5.41, 5.74) is 4.49. The molecule has 2 unspecified atom stereocenters. The van der Waals surface area contributed by atoms with Gasteiger partial charge in [-0.2, -0.15) is 0 Å². The van der Waals surface area contributed by atoms with E-state index in [9.17, 15) is 9.59 Å². The number of nitrogens with one attached hydrogen (secondary N) is 1. The number of aryl methyl sites for hydroxylation is 1. The summed E-state index contributed by atoms with van der Waals surface area (Å²) in [6.45, 7) is 3.91. The van der Waals surface area contributed by atoms with E-state index in [4.69, 9.17) is 31.4 Å². The molecule has 8 heteroatoms. The Bertz CT molecular complexity index is 1490. The predicted octanol–water partition coefficient (Wildman–Crippen LogP) is 6.25. The van der Waals surface area contributed by atoms with Crippen molar-refractivity contribution < 1.29 is 19.4 Å². The number of benzene rings is 3. The number of rotatable bonds is 13. The zero-order valence-corrected chi connectivity index (χ0v) is 24.4. The minimum Gasteiger partial charge on any atom is -0.497 e. The first kappa shape index (κ1) is 30.2. The number of ether oxygens (including phenoxy) is 1. The number of aliphatic hydroxyl groups is 1. The molecule has 1 aromatic heterocycles. The van der Waals surface area contributed by atoms with E-state index in [0.29, 0.717) is 10.6 Å². The second-order valence-corrected chi connectivity index (χ2v) is 10.5. The van der Waals surface area contributed by atoms with E-state index in [1.54, 1.807) is 7.11 Å². The lowest BCUT2D eigenvalue weighted by Crippen LogP contribution is -2.26. The lowest BCUT2D eigenvalue weighted by atomic mass is 9.78. The molecule has 2 N–H and O–H groups in total. The van der Waals surface area contributed by atoms with Crippen LogP contribution < -0.4 is 10.1 Å². The van der Waals surface area contributed by atoms with Crippen LogP contribution in [0.25, 0.3) is 10.9 Å². The number of ketones is 1. The van der Waals surface area contributed by atoms with Gasteiger partial charge in [0.15, 0.2) is 5.78 Å². The van der Waals surface area contributed by atoms with Crippen molar-refractivity contribution in [1.82, 2.24) is 15.3 Å². The highest BCUT2D eigenvalue weighted by atomic mass is 35.5. The monoisotopic (exact) mass is 573 g/mol. The minimum absolute atomic E-state index is 0.0425. The first-order valence-electron chi connectivity index (χ1n) is 14.0. The van der Waals surface area contributed by atoms with Crippen LogP contribution in [0.15, 0.2) is 66.7 Å². The molecule has 0 aliphatic heterocycles. The van der Waals surface area contributed by atoms with E-state index in [-0.39, 0.29) is 36.5 Å². The third-order valence-electron chi connectivity index (χ3n) is 7.31. The summed E-state index contributed by atoms with van der Waals surface area (Å²) in [7, 11) is 1.65. The lowest BCUT2D eigenvalue weighted by Gasteiger charge is -2.28. The average molecular weight is 574 g/mol. The number of Topliss-reactive ketones (excluding diaryl/α,β-unsaturated/α-hetero) is 1. The molecule has 1 amide bonds. The van der Waals surface area contributed by atoms with E-state index < -0.39 is 6.61 Å². The van der Waals surface area contributed by atoms with E-state index in [0.717, 1.165) is 58.6 Å². The molecule has 0 aliphatic rings.